The molecule has 0 aromatic carbocycles. The molecule has 174 valence electrons. The molecule has 0 aliphatic heterocycles. The van der Waals surface area contributed by atoms with E-state index in [0.717, 1.165) is 0 Å². The van der Waals surface area contributed by atoms with E-state index in [0.29, 0.717) is 13.7 Å². The second kappa shape index (κ2) is 14.0. The third-order valence-corrected chi connectivity index (χ3v) is 4.43. The molecule has 0 amide bonds. The number of carbonyl (C=O) groups is 3. The molecular formula is C16H23N3O9S3. The van der Waals surface area contributed by atoms with Crippen LogP contribution in [0.25, 0.3) is 0 Å². The van der Waals surface area contributed by atoms with E-state index in [1.807, 2.05) is 0 Å². The van der Waals surface area contributed by atoms with Crippen molar-refractivity contribution in [3.05, 3.63) is 31.5 Å². The number of thiol groups is 3. The van der Waals surface area contributed by atoms with Crippen molar-refractivity contribution < 1.29 is 28.6 Å². The van der Waals surface area contributed by atoms with Crippen LogP contribution < -0.4 is 17.1 Å². The van der Waals surface area contributed by atoms with Gasteiger partial charge in [0.1, 0.15) is 19.8 Å². The van der Waals surface area contributed by atoms with Gasteiger partial charge in [-0.2, -0.15) is 37.9 Å². The number of rotatable bonds is 13. The van der Waals surface area contributed by atoms with Crippen molar-refractivity contribution in [1.29, 1.82) is 0 Å². The first-order valence-electron chi connectivity index (χ1n) is 9.00. The summed E-state index contributed by atoms with van der Waals surface area (Å²) in [7, 11) is 0. The molecule has 0 fully saturated rings. The van der Waals surface area contributed by atoms with Gasteiger partial charge in [-0.15, -0.1) is 0 Å². The van der Waals surface area contributed by atoms with Crippen molar-refractivity contribution in [3.8, 4) is 0 Å². The zero-order chi connectivity index (χ0) is 23.4. The van der Waals surface area contributed by atoms with E-state index in [1.165, 1.54) is 0 Å². The number of ether oxygens (including phenoxy) is 3. The molecular weight excluding hydrogens is 474 g/mol. The standard InChI is InChI=1S/C16H23N3O9S3/c20-11(1-8-29)26-5-2-17-14(23)18(3-6-27-12(21)9-30)16(25)19(15(17)24)4-7-28-13(22)10-31/h29-31H,1-10H2. The lowest BCUT2D eigenvalue weighted by molar-refractivity contribution is -0.143. The van der Waals surface area contributed by atoms with Crippen LogP contribution in [0.15, 0.2) is 14.4 Å². The van der Waals surface area contributed by atoms with Crippen molar-refractivity contribution in [2.24, 2.45) is 0 Å². The van der Waals surface area contributed by atoms with Gasteiger partial charge in [0.25, 0.3) is 0 Å². The summed E-state index contributed by atoms with van der Waals surface area (Å²) < 4.78 is 16.7. The SMILES string of the molecule is O=C(CS)OCCn1c(=O)n(CCOC(=O)CS)c(=O)n(CCOC(=O)CCS)c1=O. The van der Waals surface area contributed by atoms with Crippen LogP contribution in [0.1, 0.15) is 6.42 Å². The van der Waals surface area contributed by atoms with E-state index in [1.54, 1.807) is 0 Å². The summed E-state index contributed by atoms with van der Waals surface area (Å²) in [5, 5.41) is 0. The molecule has 1 rings (SSSR count). The maximum atomic E-state index is 12.6. The third kappa shape index (κ3) is 8.49. The normalized spacial score (nSPS) is 10.5. The quantitative estimate of drug-likeness (QED) is 0.160. The molecule has 1 aromatic heterocycles. The molecule has 0 atom stereocenters. The van der Waals surface area contributed by atoms with Crippen LogP contribution in [-0.2, 0) is 48.2 Å². The molecule has 0 N–H and O–H groups in total. The smallest absolute Gasteiger partial charge is 0.336 e. The van der Waals surface area contributed by atoms with E-state index >= 15 is 0 Å². The van der Waals surface area contributed by atoms with Crippen molar-refractivity contribution in [2.45, 2.75) is 26.1 Å². The molecule has 0 aliphatic rings. The number of hydrogen-bond donors (Lipinski definition) is 3. The Morgan fingerprint density at radius 2 is 0.935 bits per heavy atom. The Kier molecular flexibility index (Phi) is 12.2. The van der Waals surface area contributed by atoms with Crippen LogP contribution in [0.2, 0.25) is 0 Å². The fourth-order valence-electron chi connectivity index (χ4n) is 2.26. The van der Waals surface area contributed by atoms with Gasteiger partial charge in [-0.3, -0.25) is 14.4 Å². The highest BCUT2D eigenvalue weighted by molar-refractivity contribution is 7.81. The minimum atomic E-state index is -0.970. The Morgan fingerprint density at radius 3 is 1.23 bits per heavy atom. The first-order valence-corrected chi connectivity index (χ1v) is 10.9. The Hall–Kier alpha value is -2.13. The minimum absolute atomic E-state index is 0.0504. The number of carbonyl (C=O) groups excluding carboxylic acids is 3. The molecule has 15 heteroatoms. The van der Waals surface area contributed by atoms with Crippen LogP contribution in [0.4, 0.5) is 0 Å². The van der Waals surface area contributed by atoms with Crippen LogP contribution in [-0.4, -0.2) is 68.7 Å². The summed E-state index contributed by atoms with van der Waals surface area (Å²) in [6.45, 7) is -1.87. The second-order valence-corrected chi connectivity index (χ2v) is 6.83. The van der Waals surface area contributed by atoms with Crippen LogP contribution in [0.5, 0.6) is 0 Å². The van der Waals surface area contributed by atoms with Crippen molar-refractivity contribution >= 4 is 55.8 Å². The van der Waals surface area contributed by atoms with Gasteiger partial charge < -0.3 is 14.2 Å². The van der Waals surface area contributed by atoms with Crippen LogP contribution in [0, 0.1) is 0 Å². The summed E-state index contributed by atoms with van der Waals surface area (Å²) in [6.07, 6.45) is 0.0504. The predicted octanol–water partition coefficient (Wildman–Crippen LogP) is -2.02. The molecule has 0 aliphatic carbocycles. The summed E-state index contributed by atoms with van der Waals surface area (Å²) >= 11 is 11.4. The number of aromatic nitrogens is 3. The summed E-state index contributed by atoms with van der Waals surface area (Å²) in [4.78, 5) is 71.8. The molecule has 0 spiro atoms. The van der Waals surface area contributed by atoms with Crippen molar-refractivity contribution in [2.75, 3.05) is 37.1 Å². The summed E-state index contributed by atoms with van der Waals surface area (Å²) in [5.74, 6) is -1.97. The van der Waals surface area contributed by atoms with Gasteiger partial charge in [-0.25, -0.2) is 28.1 Å². The van der Waals surface area contributed by atoms with Gasteiger partial charge in [-0.05, 0) is 0 Å². The lowest BCUT2D eigenvalue weighted by atomic mass is 10.5. The van der Waals surface area contributed by atoms with E-state index < -0.39 is 35.0 Å². The van der Waals surface area contributed by atoms with E-state index in [-0.39, 0.29) is 63.1 Å². The Morgan fingerprint density at radius 1 is 0.613 bits per heavy atom. The highest BCUT2D eigenvalue weighted by Crippen LogP contribution is 1.90. The van der Waals surface area contributed by atoms with Crippen molar-refractivity contribution in [3.63, 3.8) is 0 Å². The Balaban J connectivity index is 3.17. The Labute approximate surface area is 192 Å². The molecule has 1 heterocycles. The second-order valence-electron chi connectivity index (χ2n) is 5.75. The highest BCUT2D eigenvalue weighted by atomic mass is 32.1. The first-order chi connectivity index (χ1) is 14.8. The molecule has 31 heavy (non-hydrogen) atoms. The van der Waals surface area contributed by atoms with E-state index in [4.69, 9.17) is 14.2 Å². The predicted molar refractivity (Wildman–Crippen MR) is 118 cm³/mol. The van der Waals surface area contributed by atoms with Gasteiger partial charge in [0, 0.05) is 5.75 Å². The molecule has 1 aromatic rings. The molecule has 0 bridgehead atoms. The van der Waals surface area contributed by atoms with Gasteiger partial charge in [0.15, 0.2) is 0 Å². The van der Waals surface area contributed by atoms with Gasteiger partial charge >= 0.3 is 35.0 Å². The molecule has 0 saturated carbocycles. The minimum Gasteiger partial charge on any atom is -0.464 e. The van der Waals surface area contributed by atoms with E-state index in [2.05, 4.69) is 37.9 Å². The fraction of sp³-hybridized carbons (Fsp3) is 0.625. The van der Waals surface area contributed by atoms with Gasteiger partial charge in [-0.1, -0.05) is 0 Å². The number of nitrogens with zero attached hydrogens (tertiary/aromatic N) is 3. The molecule has 0 saturated heterocycles. The maximum Gasteiger partial charge on any atom is 0.336 e. The van der Waals surface area contributed by atoms with Crippen LogP contribution in [0.3, 0.4) is 0 Å². The summed E-state index contributed by atoms with van der Waals surface area (Å²) in [6, 6.07) is 0. The number of esters is 3. The third-order valence-electron chi connectivity index (χ3n) is 3.69. The Bertz CT molecular complexity index is 894. The fourth-order valence-corrected chi connectivity index (χ4v) is 2.63. The van der Waals surface area contributed by atoms with Gasteiger partial charge in [0.05, 0.1) is 37.6 Å². The van der Waals surface area contributed by atoms with Crippen LogP contribution >= 0.6 is 37.9 Å². The average Bonchev–Trinajstić information content (AvgIpc) is 2.75. The highest BCUT2D eigenvalue weighted by Gasteiger charge is 2.17. The zero-order valence-electron chi connectivity index (χ0n) is 16.4. The van der Waals surface area contributed by atoms with Crippen molar-refractivity contribution in [1.82, 2.24) is 13.7 Å². The zero-order valence-corrected chi connectivity index (χ0v) is 19.1. The molecule has 12 nitrogen and oxygen atoms in total. The number of hydrogen-bond acceptors (Lipinski definition) is 12. The molecule has 0 unspecified atom stereocenters. The monoisotopic (exact) mass is 497 g/mol. The average molecular weight is 498 g/mol. The van der Waals surface area contributed by atoms with E-state index in [9.17, 15) is 28.8 Å². The lowest BCUT2D eigenvalue weighted by Crippen LogP contribution is -2.55. The lowest BCUT2D eigenvalue weighted by Gasteiger charge is -2.14. The first kappa shape index (κ1) is 26.9. The molecule has 0 radical (unpaired) electrons. The topological polar surface area (TPSA) is 145 Å². The maximum absolute atomic E-state index is 12.6. The van der Waals surface area contributed by atoms with Gasteiger partial charge in [0.2, 0.25) is 0 Å². The largest absolute Gasteiger partial charge is 0.464 e. The summed E-state index contributed by atoms with van der Waals surface area (Å²) in [5.41, 5.74) is -2.90.